The van der Waals surface area contributed by atoms with Crippen molar-refractivity contribution >= 4 is 16.7 Å². The van der Waals surface area contributed by atoms with Gasteiger partial charge in [-0.25, -0.2) is 4.98 Å². The Morgan fingerprint density at radius 1 is 1.29 bits per heavy atom. The van der Waals surface area contributed by atoms with Gasteiger partial charge in [-0.1, -0.05) is 0 Å². The van der Waals surface area contributed by atoms with Crippen LogP contribution in [-0.2, 0) is 13.7 Å². The second-order valence-corrected chi connectivity index (χ2v) is 4.16. The predicted molar refractivity (Wildman–Crippen MR) is 74.1 cm³/mol. The molecule has 0 radical (unpaired) electrons. The molecular formula is C14H10N6O. The maximum Gasteiger partial charge on any atom is 0.163 e. The van der Waals surface area contributed by atoms with Gasteiger partial charge in [-0.2, -0.15) is 15.8 Å². The summed E-state index contributed by atoms with van der Waals surface area (Å²) in [5.74, 6) is 0.521. The molecule has 0 saturated heterocycles. The Kier molecular flexibility index (Phi) is 3.85. The molecule has 1 aromatic carbocycles. The van der Waals surface area contributed by atoms with E-state index >= 15 is 0 Å². The van der Waals surface area contributed by atoms with Gasteiger partial charge in [-0.05, 0) is 18.2 Å². The van der Waals surface area contributed by atoms with E-state index in [9.17, 15) is 5.11 Å². The first-order valence-electron chi connectivity index (χ1n) is 5.92. The summed E-state index contributed by atoms with van der Waals surface area (Å²) in [5, 5.41) is 38.5. The monoisotopic (exact) mass is 278 g/mol. The molecule has 0 fully saturated rings. The molecule has 0 atom stereocenters. The van der Waals surface area contributed by atoms with E-state index in [-0.39, 0.29) is 17.9 Å². The Morgan fingerprint density at radius 2 is 2.00 bits per heavy atom. The van der Waals surface area contributed by atoms with Gasteiger partial charge in [0.2, 0.25) is 0 Å². The highest BCUT2D eigenvalue weighted by Crippen LogP contribution is 2.21. The molecule has 1 aromatic heterocycles. The smallest absolute Gasteiger partial charge is 0.163 e. The first kappa shape index (κ1) is 14.1. The van der Waals surface area contributed by atoms with Crippen molar-refractivity contribution in [3.05, 3.63) is 35.3 Å². The molecule has 2 aromatic rings. The number of hydrogen-bond donors (Lipinski definition) is 2. The number of nitriles is 3. The number of nitrogens with zero attached hydrogens (tertiary/aromatic N) is 5. The number of aliphatic hydroxyl groups is 1. The van der Waals surface area contributed by atoms with Crippen molar-refractivity contribution in [1.29, 1.82) is 15.8 Å². The van der Waals surface area contributed by atoms with Gasteiger partial charge in [-0.15, -0.1) is 0 Å². The highest BCUT2D eigenvalue weighted by molar-refractivity contribution is 5.81. The van der Waals surface area contributed by atoms with Gasteiger partial charge in [0.25, 0.3) is 0 Å². The Morgan fingerprint density at radius 3 is 2.57 bits per heavy atom. The van der Waals surface area contributed by atoms with Crippen LogP contribution in [0, 0.1) is 34.0 Å². The van der Waals surface area contributed by atoms with Crippen LogP contribution in [0.25, 0.3) is 11.0 Å². The fourth-order valence-corrected chi connectivity index (χ4v) is 1.90. The number of aromatic nitrogens is 2. The van der Waals surface area contributed by atoms with Crippen LogP contribution in [0.2, 0.25) is 0 Å². The van der Waals surface area contributed by atoms with E-state index in [2.05, 4.69) is 10.3 Å². The van der Waals surface area contributed by atoms with Crippen LogP contribution in [0.1, 0.15) is 5.82 Å². The summed E-state index contributed by atoms with van der Waals surface area (Å²) in [6.45, 7) is -0.176. The fourth-order valence-electron chi connectivity index (χ4n) is 1.90. The fraction of sp³-hybridized carbons (Fsp3) is 0.143. The summed E-state index contributed by atoms with van der Waals surface area (Å²) in [6.07, 6.45) is 0. The van der Waals surface area contributed by atoms with Crippen LogP contribution in [0.3, 0.4) is 0 Å². The minimum atomic E-state index is -0.283. The van der Waals surface area contributed by atoms with Gasteiger partial charge in [0.05, 0.1) is 11.0 Å². The zero-order valence-corrected chi connectivity index (χ0v) is 11.1. The first-order valence-corrected chi connectivity index (χ1v) is 5.92. The molecule has 0 unspecified atom stereocenters. The number of allylic oxidation sites excluding steroid dienone is 2. The molecule has 102 valence electrons. The third-order valence-corrected chi connectivity index (χ3v) is 2.97. The molecule has 7 heteroatoms. The number of nitrogens with one attached hydrogen (secondary N) is 1. The summed E-state index contributed by atoms with van der Waals surface area (Å²) in [6, 6.07) is 10.3. The second kappa shape index (κ2) is 5.75. The second-order valence-electron chi connectivity index (χ2n) is 4.16. The molecule has 1 heterocycles. The van der Waals surface area contributed by atoms with E-state index in [1.165, 1.54) is 0 Å². The van der Waals surface area contributed by atoms with Crippen LogP contribution in [0.4, 0.5) is 5.69 Å². The number of aliphatic hydroxyl groups excluding tert-OH is 1. The van der Waals surface area contributed by atoms with Crippen molar-refractivity contribution in [2.75, 3.05) is 5.32 Å². The zero-order valence-electron chi connectivity index (χ0n) is 11.1. The predicted octanol–water partition coefficient (Wildman–Crippen LogP) is 1.30. The third kappa shape index (κ3) is 2.52. The lowest BCUT2D eigenvalue weighted by atomic mass is 10.2. The molecular weight excluding hydrogens is 268 g/mol. The van der Waals surface area contributed by atoms with Gasteiger partial charge in [0.15, 0.2) is 5.57 Å². The van der Waals surface area contributed by atoms with Gasteiger partial charge in [-0.3, -0.25) is 0 Å². The molecule has 21 heavy (non-hydrogen) atoms. The van der Waals surface area contributed by atoms with E-state index in [0.717, 1.165) is 5.52 Å². The van der Waals surface area contributed by atoms with Gasteiger partial charge in [0.1, 0.15) is 36.3 Å². The van der Waals surface area contributed by atoms with Crippen molar-refractivity contribution in [3.8, 4) is 18.2 Å². The molecule has 0 saturated carbocycles. The molecule has 0 aliphatic carbocycles. The zero-order chi connectivity index (χ0) is 15.4. The van der Waals surface area contributed by atoms with E-state index < -0.39 is 0 Å². The van der Waals surface area contributed by atoms with Crippen LogP contribution in [-0.4, -0.2) is 14.7 Å². The lowest BCUT2D eigenvalue weighted by Crippen LogP contribution is -2.00. The Labute approximate surface area is 120 Å². The molecule has 0 spiro atoms. The molecule has 7 nitrogen and oxygen atoms in total. The number of hydrogen-bond acceptors (Lipinski definition) is 6. The molecule has 2 rings (SSSR count). The SMILES string of the molecule is Cn1c(CO)nc2cc(NC(C#N)=C(C#N)C#N)ccc21. The summed E-state index contributed by atoms with van der Waals surface area (Å²) in [7, 11) is 1.79. The molecule has 0 amide bonds. The topological polar surface area (TPSA) is 121 Å². The molecule has 2 N–H and O–H groups in total. The number of anilines is 1. The molecule has 0 bridgehead atoms. The van der Waals surface area contributed by atoms with E-state index in [0.29, 0.717) is 17.0 Å². The summed E-state index contributed by atoms with van der Waals surface area (Å²) >= 11 is 0. The van der Waals surface area contributed by atoms with Crippen LogP contribution < -0.4 is 5.32 Å². The van der Waals surface area contributed by atoms with Crippen LogP contribution in [0.15, 0.2) is 29.5 Å². The van der Waals surface area contributed by atoms with Gasteiger partial charge in [0, 0.05) is 12.7 Å². The van der Waals surface area contributed by atoms with Crippen molar-refractivity contribution in [2.24, 2.45) is 7.05 Å². The number of benzene rings is 1. The first-order chi connectivity index (χ1) is 10.1. The van der Waals surface area contributed by atoms with Crippen molar-refractivity contribution in [1.82, 2.24) is 9.55 Å². The summed E-state index contributed by atoms with van der Waals surface area (Å²) in [5.41, 5.74) is 1.60. The van der Waals surface area contributed by atoms with Crippen molar-refractivity contribution < 1.29 is 5.11 Å². The number of imidazole rings is 1. The lowest BCUT2D eigenvalue weighted by Gasteiger charge is -2.04. The van der Waals surface area contributed by atoms with Crippen LogP contribution >= 0.6 is 0 Å². The van der Waals surface area contributed by atoms with E-state index in [1.807, 2.05) is 0 Å². The Bertz CT molecular complexity index is 840. The lowest BCUT2D eigenvalue weighted by molar-refractivity contribution is 0.268. The maximum atomic E-state index is 9.19. The van der Waals surface area contributed by atoms with Crippen molar-refractivity contribution in [2.45, 2.75) is 6.61 Å². The maximum absolute atomic E-state index is 9.19. The Balaban J connectivity index is 2.46. The minimum absolute atomic E-state index is 0.113. The quantitative estimate of drug-likeness (QED) is 0.816. The number of rotatable bonds is 3. The third-order valence-electron chi connectivity index (χ3n) is 2.97. The molecule has 0 aliphatic rings. The normalized spacial score (nSPS) is 9.48. The van der Waals surface area contributed by atoms with Crippen LogP contribution in [0.5, 0.6) is 0 Å². The Hall–Kier alpha value is -3.34. The van der Waals surface area contributed by atoms with Gasteiger partial charge < -0.3 is 15.0 Å². The number of fused-ring (bicyclic) bond motifs is 1. The highest BCUT2D eigenvalue weighted by atomic mass is 16.3. The largest absolute Gasteiger partial charge is 0.388 e. The molecule has 0 aliphatic heterocycles. The average molecular weight is 278 g/mol. The van der Waals surface area contributed by atoms with Crippen molar-refractivity contribution in [3.63, 3.8) is 0 Å². The standard InChI is InChI=1S/C14H10N6O/c1-20-13-3-2-10(4-11(13)19-14(20)8-21)18-12(7-17)9(5-15)6-16/h2-4,18,21H,8H2,1H3. The minimum Gasteiger partial charge on any atom is -0.388 e. The highest BCUT2D eigenvalue weighted by Gasteiger charge is 2.10. The average Bonchev–Trinajstić information content (AvgIpc) is 2.83. The van der Waals surface area contributed by atoms with E-state index in [1.54, 1.807) is 48.0 Å². The van der Waals surface area contributed by atoms with Gasteiger partial charge >= 0.3 is 0 Å². The van der Waals surface area contributed by atoms with E-state index in [4.69, 9.17) is 15.8 Å². The summed E-state index contributed by atoms with van der Waals surface area (Å²) in [4.78, 5) is 4.25. The number of aryl methyl sites for hydroxylation is 1. The summed E-state index contributed by atoms with van der Waals surface area (Å²) < 4.78 is 1.76.